The third-order valence-corrected chi connectivity index (χ3v) is 4.90. The molecule has 0 spiro atoms. The highest BCUT2D eigenvalue weighted by Crippen LogP contribution is 2.38. The molecular weight excluding hydrogens is 194 g/mol. The first-order chi connectivity index (χ1) is 6.54. The molecule has 0 amide bonds. The van der Waals surface area contributed by atoms with Crippen LogP contribution in [0.1, 0.15) is 29.7 Å². The maximum absolute atomic E-state index is 12.0. The van der Waals surface area contributed by atoms with Gasteiger partial charge in [0, 0.05) is 10.9 Å². The van der Waals surface area contributed by atoms with Gasteiger partial charge in [-0.05, 0) is 37.5 Å². The Bertz CT molecular complexity index is 414. The van der Waals surface area contributed by atoms with Crippen molar-refractivity contribution in [1.29, 1.82) is 0 Å². The zero-order valence-electron chi connectivity index (χ0n) is 8.70. The summed E-state index contributed by atoms with van der Waals surface area (Å²) in [7, 11) is -0.919. The fraction of sp³-hybridized carbons (Fsp3) is 0.455. The number of hydrogen-bond acceptors (Lipinski definition) is 2. The van der Waals surface area contributed by atoms with Gasteiger partial charge in [-0.25, -0.2) is 0 Å². The number of nitrogens with two attached hydrogens (primary N) is 1. The van der Waals surface area contributed by atoms with E-state index in [0.29, 0.717) is 0 Å². The molecule has 3 unspecified atom stereocenters. The zero-order valence-corrected chi connectivity index (χ0v) is 9.52. The van der Waals surface area contributed by atoms with Gasteiger partial charge in [-0.2, -0.15) is 0 Å². The zero-order chi connectivity index (χ0) is 10.5. The molecule has 0 fully saturated rings. The van der Waals surface area contributed by atoms with Crippen LogP contribution in [0.25, 0.3) is 0 Å². The Kier molecular flexibility index (Phi) is 2.24. The number of fused-ring (bicyclic) bond motifs is 1. The highest BCUT2D eigenvalue weighted by Gasteiger charge is 2.35. The summed E-state index contributed by atoms with van der Waals surface area (Å²) in [5.74, 6) is 0. The van der Waals surface area contributed by atoms with E-state index in [2.05, 4.69) is 6.07 Å². The Hall–Kier alpha value is -0.670. The fourth-order valence-corrected chi connectivity index (χ4v) is 3.72. The first-order valence-electron chi connectivity index (χ1n) is 4.80. The van der Waals surface area contributed by atoms with Crippen LogP contribution >= 0.6 is 0 Å². The lowest BCUT2D eigenvalue weighted by Crippen LogP contribution is -2.20. The number of rotatable bonds is 0. The lowest BCUT2D eigenvalue weighted by Gasteiger charge is -2.10. The van der Waals surface area contributed by atoms with Crippen LogP contribution in [0.3, 0.4) is 0 Å². The summed E-state index contributed by atoms with van der Waals surface area (Å²) in [6, 6.07) is 4.02. The maximum atomic E-state index is 12.0. The van der Waals surface area contributed by atoms with Gasteiger partial charge in [0.25, 0.3) is 0 Å². The third-order valence-electron chi connectivity index (χ3n) is 2.99. The van der Waals surface area contributed by atoms with Crippen molar-refractivity contribution in [2.45, 2.75) is 37.0 Å². The Labute approximate surface area is 87.0 Å². The molecule has 1 aromatic carbocycles. The third kappa shape index (κ3) is 1.16. The molecule has 76 valence electrons. The average molecular weight is 209 g/mol. The quantitative estimate of drug-likeness (QED) is 0.708. The molecule has 1 aromatic rings. The number of benzene rings is 1. The van der Waals surface area contributed by atoms with E-state index in [-0.39, 0.29) is 11.3 Å². The standard InChI is InChI=1S/C11H15NOS/c1-6-4-5-7(2)11-9(6)10(12)8(3)14(11)13/h4-5,8,10H,12H2,1-3H3. The van der Waals surface area contributed by atoms with Crippen LogP contribution in [0, 0.1) is 13.8 Å². The molecule has 2 rings (SSSR count). The molecule has 1 aliphatic rings. The molecule has 3 atom stereocenters. The Morgan fingerprint density at radius 2 is 1.86 bits per heavy atom. The summed E-state index contributed by atoms with van der Waals surface area (Å²) in [4.78, 5) is 0.977. The second-order valence-corrected chi connectivity index (χ2v) is 5.72. The summed E-state index contributed by atoms with van der Waals surface area (Å²) >= 11 is 0. The second-order valence-electron chi connectivity index (χ2n) is 3.97. The van der Waals surface area contributed by atoms with Crippen LogP contribution in [-0.2, 0) is 10.8 Å². The average Bonchev–Trinajstić information content (AvgIpc) is 2.38. The Morgan fingerprint density at radius 3 is 2.43 bits per heavy atom. The number of aryl methyl sites for hydroxylation is 2. The van der Waals surface area contributed by atoms with Crippen LogP contribution in [0.4, 0.5) is 0 Å². The van der Waals surface area contributed by atoms with Gasteiger partial charge in [0.05, 0.1) is 16.0 Å². The molecule has 0 bridgehead atoms. The first-order valence-corrected chi connectivity index (χ1v) is 6.01. The highest BCUT2D eigenvalue weighted by atomic mass is 32.2. The lowest BCUT2D eigenvalue weighted by atomic mass is 9.98. The first kappa shape index (κ1) is 9.87. The minimum absolute atomic E-state index is 0.0461. The Balaban J connectivity index is 2.74. The summed E-state index contributed by atoms with van der Waals surface area (Å²) in [6.45, 7) is 5.99. The molecule has 1 aliphatic heterocycles. The summed E-state index contributed by atoms with van der Waals surface area (Å²) < 4.78 is 12.0. The minimum Gasteiger partial charge on any atom is -0.323 e. The normalized spacial score (nSPS) is 30.4. The summed E-state index contributed by atoms with van der Waals surface area (Å²) in [6.07, 6.45) is 0. The van der Waals surface area contributed by atoms with Crippen LogP contribution in [-0.4, -0.2) is 9.46 Å². The van der Waals surface area contributed by atoms with Gasteiger partial charge >= 0.3 is 0 Å². The predicted molar refractivity (Wildman–Crippen MR) is 58.7 cm³/mol. The van der Waals surface area contributed by atoms with Crippen molar-refractivity contribution in [1.82, 2.24) is 0 Å². The van der Waals surface area contributed by atoms with Crippen LogP contribution < -0.4 is 5.73 Å². The molecule has 0 aliphatic carbocycles. The van der Waals surface area contributed by atoms with Gasteiger partial charge in [0.2, 0.25) is 0 Å². The largest absolute Gasteiger partial charge is 0.323 e. The van der Waals surface area contributed by atoms with Gasteiger partial charge < -0.3 is 5.73 Å². The fourth-order valence-electron chi connectivity index (χ4n) is 2.04. The van der Waals surface area contributed by atoms with E-state index in [4.69, 9.17) is 5.73 Å². The van der Waals surface area contributed by atoms with Crippen molar-refractivity contribution in [3.8, 4) is 0 Å². The summed E-state index contributed by atoms with van der Waals surface area (Å²) in [5.41, 5.74) is 9.43. The van der Waals surface area contributed by atoms with Crippen molar-refractivity contribution >= 4 is 10.8 Å². The monoisotopic (exact) mass is 209 g/mol. The maximum Gasteiger partial charge on any atom is 0.0583 e. The van der Waals surface area contributed by atoms with Gasteiger partial charge in [-0.3, -0.25) is 4.21 Å². The van der Waals surface area contributed by atoms with Gasteiger partial charge in [-0.15, -0.1) is 0 Å². The van der Waals surface area contributed by atoms with E-state index in [1.54, 1.807) is 0 Å². The van der Waals surface area contributed by atoms with Crippen molar-refractivity contribution in [3.63, 3.8) is 0 Å². The molecule has 14 heavy (non-hydrogen) atoms. The predicted octanol–water partition coefficient (Wildman–Crippen LogP) is 1.81. The van der Waals surface area contributed by atoms with Gasteiger partial charge in [0.15, 0.2) is 0 Å². The molecule has 0 saturated heterocycles. The van der Waals surface area contributed by atoms with Crippen LogP contribution in [0.5, 0.6) is 0 Å². The summed E-state index contributed by atoms with van der Waals surface area (Å²) in [5, 5.41) is 0.0461. The highest BCUT2D eigenvalue weighted by molar-refractivity contribution is 7.86. The molecule has 0 radical (unpaired) electrons. The smallest absolute Gasteiger partial charge is 0.0583 e. The molecule has 0 aromatic heterocycles. The lowest BCUT2D eigenvalue weighted by molar-refractivity contribution is 0.661. The SMILES string of the molecule is Cc1ccc(C)c2c1C(N)C(C)S2=O. The van der Waals surface area contributed by atoms with Crippen LogP contribution in [0.2, 0.25) is 0 Å². The van der Waals surface area contributed by atoms with E-state index in [1.165, 1.54) is 0 Å². The van der Waals surface area contributed by atoms with Crippen molar-refractivity contribution in [2.24, 2.45) is 5.73 Å². The molecule has 1 heterocycles. The Morgan fingerprint density at radius 1 is 1.29 bits per heavy atom. The molecular formula is C11H15NOS. The number of hydrogen-bond donors (Lipinski definition) is 1. The van der Waals surface area contributed by atoms with E-state index in [0.717, 1.165) is 21.6 Å². The van der Waals surface area contributed by atoms with Crippen molar-refractivity contribution in [3.05, 3.63) is 28.8 Å². The van der Waals surface area contributed by atoms with Crippen LogP contribution in [0.15, 0.2) is 17.0 Å². The minimum atomic E-state index is -0.919. The van der Waals surface area contributed by atoms with E-state index >= 15 is 0 Å². The van der Waals surface area contributed by atoms with Gasteiger partial charge in [0.1, 0.15) is 0 Å². The second kappa shape index (κ2) is 3.17. The van der Waals surface area contributed by atoms with Gasteiger partial charge in [-0.1, -0.05) is 12.1 Å². The molecule has 2 nitrogen and oxygen atoms in total. The van der Waals surface area contributed by atoms with Crippen molar-refractivity contribution in [2.75, 3.05) is 0 Å². The van der Waals surface area contributed by atoms with E-state index in [1.807, 2.05) is 26.8 Å². The van der Waals surface area contributed by atoms with Crippen molar-refractivity contribution < 1.29 is 4.21 Å². The van der Waals surface area contributed by atoms with E-state index in [9.17, 15) is 4.21 Å². The molecule has 3 heteroatoms. The topological polar surface area (TPSA) is 43.1 Å². The van der Waals surface area contributed by atoms with E-state index < -0.39 is 10.8 Å². The molecule has 0 saturated carbocycles. The molecule has 2 N–H and O–H groups in total.